The van der Waals surface area contributed by atoms with Gasteiger partial charge in [0.1, 0.15) is 17.4 Å². The summed E-state index contributed by atoms with van der Waals surface area (Å²) in [5, 5.41) is 3.18. The van der Waals surface area contributed by atoms with Gasteiger partial charge in [-0.15, -0.1) is 11.3 Å². The van der Waals surface area contributed by atoms with Crippen LogP contribution in [0.1, 0.15) is 16.5 Å². The number of hydrogen-bond acceptors (Lipinski definition) is 4. The van der Waals surface area contributed by atoms with E-state index in [0.717, 1.165) is 27.7 Å². The zero-order chi connectivity index (χ0) is 14.2. The second-order valence-corrected chi connectivity index (χ2v) is 5.99. The van der Waals surface area contributed by atoms with E-state index in [1.807, 2.05) is 42.5 Å². The van der Waals surface area contributed by atoms with Crippen molar-refractivity contribution in [2.45, 2.75) is 5.92 Å². The summed E-state index contributed by atoms with van der Waals surface area (Å²) >= 11 is 1.68. The van der Waals surface area contributed by atoms with Crippen LogP contribution in [0.5, 0.6) is 5.75 Å². The highest BCUT2D eigenvalue weighted by Gasteiger charge is 2.27. The van der Waals surface area contributed by atoms with Crippen molar-refractivity contribution < 1.29 is 4.74 Å². The molecule has 1 aromatic heterocycles. The maximum absolute atomic E-state index is 5.84. The lowest BCUT2D eigenvalue weighted by Gasteiger charge is -2.04. The second-order valence-electron chi connectivity index (χ2n) is 5.10. The molecule has 4 rings (SSSR count). The van der Waals surface area contributed by atoms with Crippen LogP contribution in [0.4, 0.5) is 5.69 Å². The number of thiazole rings is 1. The summed E-state index contributed by atoms with van der Waals surface area (Å²) in [6.45, 7) is 0.670. The van der Waals surface area contributed by atoms with Crippen molar-refractivity contribution in [3.8, 4) is 17.0 Å². The van der Waals surface area contributed by atoms with Gasteiger partial charge in [0, 0.05) is 22.2 Å². The Morgan fingerprint density at radius 3 is 2.95 bits per heavy atom. The highest BCUT2D eigenvalue weighted by Crippen LogP contribution is 2.39. The number of rotatable bonds is 2. The number of nitrogens with zero attached hydrogens (tertiary/aromatic N) is 1. The van der Waals surface area contributed by atoms with Gasteiger partial charge in [-0.05, 0) is 18.2 Å². The minimum atomic E-state index is 0.237. The molecule has 0 bridgehead atoms. The van der Waals surface area contributed by atoms with E-state index < -0.39 is 0 Å². The van der Waals surface area contributed by atoms with E-state index in [1.165, 1.54) is 5.56 Å². The molecule has 21 heavy (non-hydrogen) atoms. The number of nitrogen functional groups attached to an aromatic ring is 1. The predicted molar refractivity (Wildman–Crippen MR) is 85.7 cm³/mol. The van der Waals surface area contributed by atoms with Crippen molar-refractivity contribution in [3.05, 3.63) is 64.5 Å². The molecule has 2 N–H and O–H groups in total. The number of fused-ring (bicyclic) bond motifs is 1. The Bertz CT molecular complexity index is 797. The van der Waals surface area contributed by atoms with E-state index in [1.54, 1.807) is 11.3 Å². The lowest BCUT2D eigenvalue weighted by molar-refractivity contribution is 0.343. The van der Waals surface area contributed by atoms with Gasteiger partial charge < -0.3 is 10.5 Å². The Labute approximate surface area is 127 Å². The zero-order valence-corrected chi connectivity index (χ0v) is 12.1. The number of ether oxygens (including phenoxy) is 1. The first kappa shape index (κ1) is 12.4. The van der Waals surface area contributed by atoms with E-state index in [-0.39, 0.29) is 5.92 Å². The van der Waals surface area contributed by atoms with Gasteiger partial charge in [0.2, 0.25) is 0 Å². The molecule has 0 saturated heterocycles. The fourth-order valence-electron chi connectivity index (χ4n) is 2.65. The molecule has 0 aliphatic carbocycles. The summed E-state index contributed by atoms with van der Waals surface area (Å²) in [4.78, 5) is 4.79. The van der Waals surface area contributed by atoms with Crippen LogP contribution in [-0.2, 0) is 0 Å². The SMILES string of the molecule is Nc1cccc(-c2csc(C3COc4ccccc43)n2)c1. The van der Waals surface area contributed by atoms with Crippen molar-refractivity contribution in [1.82, 2.24) is 4.98 Å². The molecule has 0 radical (unpaired) electrons. The Hall–Kier alpha value is -2.33. The Kier molecular flexibility index (Phi) is 2.89. The topological polar surface area (TPSA) is 48.1 Å². The Morgan fingerprint density at radius 2 is 2.05 bits per heavy atom. The van der Waals surface area contributed by atoms with Crippen molar-refractivity contribution in [3.63, 3.8) is 0 Å². The molecule has 4 heteroatoms. The quantitative estimate of drug-likeness (QED) is 0.729. The molecule has 3 nitrogen and oxygen atoms in total. The number of anilines is 1. The smallest absolute Gasteiger partial charge is 0.123 e. The third-order valence-electron chi connectivity index (χ3n) is 3.70. The normalized spacial score (nSPS) is 16.5. The van der Waals surface area contributed by atoms with Gasteiger partial charge in [0.25, 0.3) is 0 Å². The van der Waals surface area contributed by atoms with Crippen LogP contribution < -0.4 is 10.5 Å². The summed E-state index contributed by atoms with van der Waals surface area (Å²) in [5.74, 6) is 1.21. The van der Waals surface area contributed by atoms with E-state index in [9.17, 15) is 0 Å². The highest BCUT2D eigenvalue weighted by molar-refractivity contribution is 7.10. The van der Waals surface area contributed by atoms with Crippen molar-refractivity contribution in [2.24, 2.45) is 0 Å². The number of aromatic nitrogens is 1. The minimum Gasteiger partial charge on any atom is -0.492 e. The van der Waals surface area contributed by atoms with Crippen LogP contribution in [0.15, 0.2) is 53.9 Å². The Balaban J connectivity index is 1.70. The molecule has 1 atom stereocenters. The third-order valence-corrected chi connectivity index (χ3v) is 4.66. The maximum Gasteiger partial charge on any atom is 0.123 e. The number of para-hydroxylation sites is 1. The number of benzene rings is 2. The Morgan fingerprint density at radius 1 is 1.14 bits per heavy atom. The fourth-order valence-corrected chi connectivity index (χ4v) is 3.58. The monoisotopic (exact) mass is 294 g/mol. The lowest BCUT2D eigenvalue weighted by atomic mass is 10.0. The molecule has 1 aliphatic heterocycles. The molecule has 0 saturated carbocycles. The molecular weight excluding hydrogens is 280 g/mol. The van der Waals surface area contributed by atoms with Crippen LogP contribution in [0, 0.1) is 0 Å². The van der Waals surface area contributed by atoms with Gasteiger partial charge in [-0.3, -0.25) is 0 Å². The summed E-state index contributed by atoms with van der Waals surface area (Å²) in [5.41, 5.74) is 9.87. The summed E-state index contributed by atoms with van der Waals surface area (Å²) in [7, 11) is 0. The average Bonchev–Trinajstić information content (AvgIpc) is 3.14. The van der Waals surface area contributed by atoms with Gasteiger partial charge in [-0.2, -0.15) is 0 Å². The van der Waals surface area contributed by atoms with Crippen LogP contribution in [0.25, 0.3) is 11.3 Å². The molecule has 0 fully saturated rings. The van der Waals surface area contributed by atoms with Crippen LogP contribution in [0.3, 0.4) is 0 Å². The third kappa shape index (κ3) is 2.17. The van der Waals surface area contributed by atoms with Crippen molar-refractivity contribution >= 4 is 17.0 Å². The van der Waals surface area contributed by atoms with Gasteiger partial charge in [-0.1, -0.05) is 30.3 Å². The van der Waals surface area contributed by atoms with E-state index >= 15 is 0 Å². The van der Waals surface area contributed by atoms with Gasteiger partial charge >= 0.3 is 0 Å². The molecular formula is C17H14N2OS. The second kappa shape index (κ2) is 4.90. The number of nitrogens with two attached hydrogens (primary N) is 1. The summed E-state index contributed by atoms with van der Waals surface area (Å²) in [6.07, 6.45) is 0. The molecule has 1 unspecified atom stereocenters. The summed E-state index contributed by atoms with van der Waals surface area (Å²) in [6, 6.07) is 16.0. The zero-order valence-electron chi connectivity index (χ0n) is 11.3. The first-order valence-electron chi connectivity index (χ1n) is 6.84. The van der Waals surface area contributed by atoms with Gasteiger partial charge in [0.05, 0.1) is 11.6 Å². The highest BCUT2D eigenvalue weighted by atomic mass is 32.1. The molecule has 0 spiro atoms. The first-order valence-corrected chi connectivity index (χ1v) is 7.72. The lowest BCUT2D eigenvalue weighted by Crippen LogP contribution is -2.01. The summed E-state index contributed by atoms with van der Waals surface area (Å²) < 4.78 is 5.75. The fraction of sp³-hybridized carbons (Fsp3) is 0.118. The largest absolute Gasteiger partial charge is 0.492 e. The van der Waals surface area contributed by atoms with Crippen molar-refractivity contribution in [2.75, 3.05) is 12.3 Å². The van der Waals surface area contributed by atoms with Crippen LogP contribution >= 0.6 is 11.3 Å². The van der Waals surface area contributed by atoms with Gasteiger partial charge in [0.15, 0.2) is 0 Å². The molecule has 2 heterocycles. The molecule has 104 valence electrons. The van der Waals surface area contributed by atoms with Crippen LogP contribution in [0.2, 0.25) is 0 Å². The van der Waals surface area contributed by atoms with E-state index in [4.69, 9.17) is 15.5 Å². The van der Waals surface area contributed by atoms with Crippen LogP contribution in [-0.4, -0.2) is 11.6 Å². The maximum atomic E-state index is 5.84. The molecule has 3 aromatic rings. The molecule has 1 aliphatic rings. The molecule has 0 amide bonds. The minimum absolute atomic E-state index is 0.237. The van der Waals surface area contributed by atoms with Gasteiger partial charge in [-0.25, -0.2) is 4.98 Å². The van der Waals surface area contributed by atoms with Crippen molar-refractivity contribution in [1.29, 1.82) is 0 Å². The predicted octanol–water partition coefficient (Wildman–Crippen LogP) is 3.92. The standard InChI is InChI=1S/C17H14N2OS/c18-12-5-3-4-11(8-12)15-10-21-17(19-15)14-9-20-16-7-2-1-6-13(14)16/h1-8,10,14H,9,18H2. The average molecular weight is 294 g/mol. The molecule has 2 aromatic carbocycles. The van der Waals surface area contributed by atoms with E-state index in [2.05, 4.69) is 11.4 Å². The number of hydrogen-bond donors (Lipinski definition) is 1. The first-order chi connectivity index (χ1) is 10.3. The van der Waals surface area contributed by atoms with E-state index in [0.29, 0.717) is 6.61 Å².